The summed E-state index contributed by atoms with van der Waals surface area (Å²) in [6.45, 7) is 4.55. The number of hydrogen-bond donors (Lipinski definition) is 2. The molecule has 1 saturated heterocycles. The number of ether oxygens (including phenoxy) is 1. The summed E-state index contributed by atoms with van der Waals surface area (Å²) in [4.78, 5) is 44.4. The van der Waals surface area contributed by atoms with Gasteiger partial charge < -0.3 is 24.8 Å². The zero-order valence-electron chi connectivity index (χ0n) is 22.9. The Hall–Kier alpha value is -3.27. The van der Waals surface area contributed by atoms with Crippen molar-refractivity contribution < 1.29 is 45.5 Å². The van der Waals surface area contributed by atoms with Gasteiger partial charge in [-0.25, -0.2) is 22.9 Å². The van der Waals surface area contributed by atoms with Crippen LogP contribution in [-0.4, -0.2) is 68.6 Å². The molecule has 230 valence electrons. The van der Waals surface area contributed by atoms with E-state index in [4.69, 9.17) is 4.74 Å². The van der Waals surface area contributed by atoms with E-state index in [0.717, 1.165) is 4.57 Å². The van der Waals surface area contributed by atoms with Crippen LogP contribution in [-0.2, 0) is 28.7 Å². The number of nitrogens with one attached hydrogen (secondary N) is 2. The molecule has 2 amide bonds. The van der Waals surface area contributed by atoms with Gasteiger partial charge in [0.15, 0.2) is 23.1 Å². The summed E-state index contributed by atoms with van der Waals surface area (Å²) < 4.78 is 89.8. The van der Waals surface area contributed by atoms with E-state index >= 15 is 0 Å². The molecule has 9 nitrogen and oxygen atoms in total. The SMILES string of the molecule is CC(C)(C)OC(=O)NC(CC(=O)C1CNCc2c(C(F)(F)F)nc(C(=O)N3CCSC3)n21)Cc1cc(F)c(F)cc1F. The van der Waals surface area contributed by atoms with E-state index in [-0.39, 0.29) is 24.5 Å². The van der Waals surface area contributed by atoms with E-state index in [0.29, 0.717) is 24.4 Å². The van der Waals surface area contributed by atoms with Gasteiger partial charge in [0, 0.05) is 43.9 Å². The van der Waals surface area contributed by atoms with Gasteiger partial charge in [-0.2, -0.15) is 13.2 Å². The number of alkyl carbamates (subject to hydrolysis) is 1. The molecule has 2 aliphatic rings. The topological polar surface area (TPSA) is 106 Å². The van der Waals surface area contributed by atoms with E-state index in [1.165, 1.54) is 16.7 Å². The van der Waals surface area contributed by atoms with Crippen LogP contribution in [0.3, 0.4) is 0 Å². The van der Waals surface area contributed by atoms with Crippen LogP contribution in [0.25, 0.3) is 0 Å². The lowest BCUT2D eigenvalue weighted by Crippen LogP contribution is -2.45. The van der Waals surface area contributed by atoms with Crippen LogP contribution in [0.1, 0.15) is 60.8 Å². The molecule has 3 heterocycles. The third-order valence-electron chi connectivity index (χ3n) is 6.55. The van der Waals surface area contributed by atoms with Crippen molar-refractivity contribution in [3.63, 3.8) is 0 Å². The molecule has 2 atom stereocenters. The molecule has 4 rings (SSSR count). The second kappa shape index (κ2) is 12.1. The number of aromatic nitrogens is 2. The molecule has 0 radical (unpaired) electrons. The number of Topliss-reactive ketones (excluding diaryl/α,β-unsaturated/α-hetero) is 1. The van der Waals surface area contributed by atoms with Gasteiger partial charge in [0.1, 0.15) is 17.5 Å². The predicted octanol–water partition coefficient (Wildman–Crippen LogP) is 4.21. The first-order valence-electron chi connectivity index (χ1n) is 13.0. The maximum absolute atomic E-state index is 14.5. The summed E-state index contributed by atoms with van der Waals surface area (Å²) >= 11 is 1.42. The number of nitrogens with zero attached hydrogens (tertiary/aromatic N) is 3. The predicted molar refractivity (Wildman–Crippen MR) is 139 cm³/mol. The number of imidazole rings is 1. The van der Waals surface area contributed by atoms with Crippen LogP contribution in [0, 0.1) is 17.5 Å². The smallest absolute Gasteiger partial charge is 0.435 e. The van der Waals surface area contributed by atoms with Gasteiger partial charge in [-0.3, -0.25) is 9.59 Å². The van der Waals surface area contributed by atoms with Crippen LogP contribution in [0.15, 0.2) is 12.1 Å². The standard InChI is InChI=1S/C26H29F6N5O4S/c1-25(2,3)41-24(40)34-14(6-13-7-16(28)17(29)9-15(13)27)8-20(38)18-10-33-11-19-21(26(30,31)32)35-22(37(18)19)23(39)36-4-5-42-12-36/h7,9,14,18,33H,4-6,8,10-12H2,1-3H3,(H,34,40). The van der Waals surface area contributed by atoms with Crippen molar-refractivity contribution in [1.29, 1.82) is 0 Å². The van der Waals surface area contributed by atoms with Crippen molar-refractivity contribution in [1.82, 2.24) is 25.1 Å². The second-order valence-electron chi connectivity index (χ2n) is 10.9. The average Bonchev–Trinajstić information content (AvgIpc) is 3.54. The van der Waals surface area contributed by atoms with E-state index in [1.54, 1.807) is 20.8 Å². The Balaban J connectivity index is 1.68. The first kappa shape index (κ1) is 31.7. The molecule has 0 bridgehead atoms. The fraction of sp³-hybridized carbons (Fsp3) is 0.538. The summed E-state index contributed by atoms with van der Waals surface area (Å²) in [6.07, 6.45) is -6.95. The van der Waals surface area contributed by atoms with Crippen molar-refractivity contribution in [3.05, 3.63) is 52.4 Å². The summed E-state index contributed by atoms with van der Waals surface area (Å²) in [7, 11) is 0. The molecule has 2 unspecified atom stereocenters. The molecule has 0 aliphatic carbocycles. The molecule has 0 spiro atoms. The summed E-state index contributed by atoms with van der Waals surface area (Å²) in [5, 5.41) is 5.17. The molecule has 0 saturated carbocycles. The lowest BCUT2D eigenvalue weighted by Gasteiger charge is -2.30. The van der Waals surface area contributed by atoms with Crippen LogP contribution in [0.5, 0.6) is 0 Å². The Morgan fingerprint density at radius 3 is 2.45 bits per heavy atom. The number of carbonyl (C=O) groups is 3. The summed E-state index contributed by atoms with van der Waals surface area (Å²) in [5.41, 5.74) is -3.00. The van der Waals surface area contributed by atoms with Gasteiger partial charge in [0.05, 0.1) is 11.6 Å². The third kappa shape index (κ3) is 7.19. The molecule has 2 aromatic rings. The van der Waals surface area contributed by atoms with Gasteiger partial charge in [0.25, 0.3) is 5.91 Å². The molecule has 1 aromatic carbocycles. The lowest BCUT2D eigenvalue weighted by molar-refractivity contribution is -0.142. The van der Waals surface area contributed by atoms with Crippen molar-refractivity contribution >= 4 is 29.5 Å². The Bertz CT molecular complexity index is 1370. The first-order valence-corrected chi connectivity index (χ1v) is 14.1. The monoisotopic (exact) mass is 621 g/mol. The molecule has 2 N–H and O–H groups in total. The zero-order valence-corrected chi connectivity index (χ0v) is 23.7. The van der Waals surface area contributed by atoms with Crippen LogP contribution in [0.2, 0.25) is 0 Å². The molecule has 2 aliphatic heterocycles. The number of rotatable bonds is 7. The third-order valence-corrected chi connectivity index (χ3v) is 7.51. The number of halogens is 6. The molecular formula is C26H29F6N5O4S. The highest BCUT2D eigenvalue weighted by Crippen LogP contribution is 2.36. The van der Waals surface area contributed by atoms with Crippen LogP contribution < -0.4 is 10.6 Å². The number of alkyl halides is 3. The van der Waals surface area contributed by atoms with Gasteiger partial charge in [-0.15, -0.1) is 11.8 Å². The number of carbonyl (C=O) groups excluding carboxylic acids is 3. The van der Waals surface area contributed by atoms with E-state index in [9.17, 15) is 40.7 Å². The zero-order chi connectivity index (χ0) is 31.0. The van der Waals surface area contributed by atoms with E-state index < -0.39 is 89.2 Å². The molecule has 1 fully saturated rings. The maximum atomic E-state index is 14.5. The van der Waals surface area contributed by atoms with Crippen molar-refractivity contribution in [2.75, 3.05) is 24.7 Å². The fourth-order valence-corrected chi connectivity index (χ4v) is 5.70. The molecule has 16 heteroatoms. The van der Waals surface area contributed by atoms with Crippen LogP contribution in [0.4, 0.5) is 31.1 Å². The minimum atomic E-state index is -4.91. The Morgan fingerprint density at radius 1 is 1.14 bits per heavy atom. The normalized spacial score (nSPS) is 18.0. The van der Waals surface area contributed by atoms with Crippen molar-refractivity contribution in [2.45, 2.75) is 64.0 Å². The van der Waals surface area contributed by atoms with Gasteiger partial charge >= 0.3 is 12.3 Å². The van der Waals surface area contributed by atoms with Crippen LogP contribution >= 0.6 is 11.8 Å². The van der Waals surface area contributed by atoms with E-state index in [2.05, 4.69) is 15.6 Å². The first-order chi connectivity index (χ1) is 19.5. The Kier molecular flexibility index (Phi) is 9.16. The molecule has 1 aromatic heterocycles. The molecular weight excluding hydrogens is 592 g/mol. The summed E-state index contributed by atoms with van der Waals surface area (Å²) in [6, 6.07) is -1.66. The van der Waals surface area contributed by atoms with Gasteiger partial charge in [-0.05, 0) is 38.8 Å². The number of benzene rings is 1. The lowest BCUT2D eigenvalue weighted by atomic mass is 9.96. The molecule has 42 heavy (non-hydrogen) atoms. The minimum absolute atomic E-state index is 0.160. The number of fused-ring (bicyclic) bond motifs is 1. The Morgan fingerprint density at radius 2 is 1.83 bits per heavy atom. The number of thioether (sulfide) groups is 1. The van der Waals surface area contributed by atoms with Gasteiger partial charge in [-0.1, -0.05) is 0 Å². The largest absolute Gasteiger partial charge is 0.444 e. The highest BCUT2D eigenvalue weighted by atomic mass is 32.2. The fourth-order valence-electron chi connectivity index (χ4n) is 4.75. The number of hydrogen-bond acceptors (Lipinski definition) is 7. The quantitative estimate of drug-likeness (QED) is 0.353. The minimum Gasteiger partial charge on any atom is -0.444 e. The van der Waals surface area contributed by atoms with Crippen molar-refractivity contribution in [2.24, 2.45) is 0 Å². The van der Waals surface area contributed by atoms with Gasteiger partial charge in [0.2, 0.25) is 5.82 Å². The number of amides is 2. The Labute approximate surface area is 241 Å². The average molecular weight is 622 g/mol. The summed E-state index contributed by atoms with van der Waals surface area (Å²) in [5.74, 6) is -5.08. The highest BCUT2D eigenvalue weighted by Gasteiger charge is 2.44. The number of ketones is 1. The maximum Gasteiger partial charge on any atom is 0.435 e. The van der Waals surface area contributed by atoms with Crippen molar-refractivity contribution in [3.8, 4) is 0 Å². The van der Waals surface area contributed by atoms with E-state index in [1.807, 2.05) is 0 Å². The second-order valence-corrected chi connectivity index (χ2v) is 12.0. The highest BCUT2D eigenvalue weighted by molar-refractivity contribution is 7.99.